The second kappa shape index (κ2) is 6.35. The largest absolute Gasteiger partial charge is 0.477 e. The summed E-state index contributed by atoms with van der Waals surface area (Å²) in [6, 6.07) is 5.11. The summed E-state index contributed by atoms with van der Waals surface area (Å²) in [5.41, 5.74) is 0.913. The Morgan fingerprint density at radius 3 is 2.76 bits per heavy atom. The number of aromatic nitrogens is 1. The van der Waals surface area contributed by atoms with E-state index in [2.05, 4.69) is 23.7 Å². The summed E-state index contributed by atoms with van der Waals surface area (Å²) in [6.07, 6.45) is 1.13. The van der Waals surface area contributed by atoms with E-state index in [0.29, 0.717) is 12.5 Å². The minimum atomic E-state index is -0.975. The smallest absolute Gasteiger partial charge is 0.354 e. The zero-order valence-corrected chi connectivity index (χ0v) is 10.7. The van der Waals surface area contributed by atoms with Crippen LogP contribution in [0.4, 0.5) is 0 Å². The number of nitrogens with zero attached hydrogens (tertiary/aromatic N) is 2. The van der Waals surface area contributed by atoms with Crippen LogP contribution in [0.1, 0.15) is 36.5 Å². The van der Waals surface area contributed by atoms with Crippen molar-refractivity contribution in [1.29, 1.82) is 0 Å². The van der Waals surface area contributed by atoms with Crippen LogP contribution >= 0.6 is 0 Å². The van der Waals surface area contributed by atoms with Gasteiger partial charge in [0.2, 0.25) is 0 Å². The van der Waals surface area contributed by atoms with E-state index in [9.17, 15) is 4.79 Å². The van der Waals surface area contributed by atoms with Gasteiger partial charge in [-0.3, -0.25) is 0 Å². The molecule has 94 valence electrons. The molecule has 0 aliphatic carbocycles. The molecule has 1 aromatic rings. The van der Waals surface area contributed by atoms with E-state index < -0.39 is 5.97 Å². The van der Waals surface area contributed by atoms with Crippen LogP contribution in [0.15, 0.2) is 18.2 Å². The first kappa shape index (κ1) is 13.6. The minimum absolute atomic E-state index is 0.111. The van der Waals surface area contributed by atoms with Gasteiger partial charge in [-0.15, -0.1) is 0 Å². The standard InChI is InChI=1S/C13H20N2O2/c1-10(2)7-8-15(3)9-11-5-4-6-12(14-11)13(16)17/h4-6,10H,7-9H2,1-3H3,(H,16,17). The highest BCUT2D eigenvalue weighted by molar-refractivity contribution is 5.85. The first-order valence-corrected chi connectivity index (χ1v) is 5.87. The van der Waals surface area contributed by atoms with Gasteiger partial charge in [0, 0.05) is 6.54 Å². The molecule has 0 aliphatic rings. The van der Waals surface area contributed by atoms with Crippen molar-refractivity contribution < 1.29 is 9.90 Å². The normalized spacial score (nSPS) is 11.1. The number of hydrogen-bond acceptors (Lipinski definition) is 3. The number of carboxylic acid groups (broad SMARTS) is 1. The van der Waals surface area contributed by atoms with Gasteiger partial charge in [-0.05, 0) is 38.1 Å². The van der Waals surface area contributed by atoms with Gasteiger partial charge < -0.3 is 10.0 Å². The number of aromatic carboxylic acids is 1. The van der Waals surface area contributed by atoms with E-state index in [1.165, 1.54) is 6.07 Å². The lowest BCUT2D eigenvalue weighted by Crippen LogP contribution is -2.21. The summed E-state index contributed by atoms with van der Waals surface area (Å²) < 4.78 is 0. The van der Waals surface area contributed by atoms with E-state index in [1.807, 2.05) is 13.1 Å². The number of hydrogen-bond donors (Lipinski definition) is 1. The van der Waals surface area contributed by atoms with Crippen LogP contribution in [-0.4, -0.2) is 34.6 Å². The molecule has 0 fully saturated rings. The van der Waals surface area contributed by atoms with E-state index in [-0.39, 0.29) is 5.69 Å². The molecule has 0 bridgehead atoms. The predicted molar refractivity (Wildman–Crippen MR) is 67.0 cm³/mol. The Hall–Kier alpha value is -1.42. The van der Waals surface area contributed by atoms with Crippen molar-refractivity contribution in [3.8, 4) is 0 Å². The van der Waals surface area contributed by atoms with Crippen molar-refractivity contribution in [2.45, 2.75) is 26.8 Å². The Kier molecular flexibility index (Phi) is 5.10. The van der Waals surface area contributed by atoms with Crippen LogP contribution in [0.2, 0.25) is 0 Å². The van der Waals surface area contributed by atoms with E-state index in [1.54, 1.807) is 6.07 Å². The average Bonchev–Trinajstić information content (AvgIpc) is 2.26. The number of rotatable bonds is 6. The fourth-order valence-electron chi connectivity index (χ4n) is 1.52. The number of pyridine rings is 1. The second-order valence-corrected chi connectivity index (χ2v) is 4.74. The molecule has 1 rings (SSSR count). The van der Waals surface area contributed by atoms with Gasteiger partial charge in [-0.1, -0.05) is 19.9 Å². The van der Waals surface area contributed by atoms with E-state index in [4.69, 9.17) is 5.11 Å². The van der Waals surface area contributed by atoms with E-state index >= 15 is 0 Å². The third-order valence-corrected chi connectivity index (χ3v) is 2.55. The summed E-state index contributed by atoms with van der Waals surface area (Å²) in [5.74, 6) is -0.299. The summed E-state index contributed by atoms with van der Waals surface area (Å²) in [4.78, 5) is 17.0. The third kappa shape index (κ3) is 4.95. The second-order valence-electron chi connectivity index (χ2n) is 4.74. The van der Waals surface area contributed by atoms with Crippen LogP contribution in [0, 0.1) is 5.92 Å². The SMILES string of the molecule is CC(C)CCN(C)Cc1cccc(C(=O)O)n1. The summed E-state index contributed by atoms with van der Waals surface area (Å²) >= 11 is 0. The lowest BCUT2D eigenvalue weighted by Gasteiger charge is -2.17. The molecule has 0 aromatic carbocycles. The van der Waals surface area contributed by atoms with Crippen molar-refractivity contribution in [3.63, 3.8) is 0 Å². The molecule has 0 amide bonds. The molecule has 17 heavy (non-hydrogen) atoms. The molecular weight excluding hydrogens is 216 g/mol. The molecule has 0 atom stereocenters. The maximum atomic E-state index is 10.8. The molecular formula is C13H20N2O2. The van der Waals surface area contributed by atoms with Crippen LogP contribution < -0.4 is 0 Å². The maximum Gasteiger partial charge on any atom is 0.354 e. The zero-order chi connectivity index (χ0) is 12.8. The fraction of sp³-hybridized carbons (Fsp3) is 0.538. The first-order valence-electron chi connectivity index (χ1n) is 5.87. The van der Waals surface area contributed by atoms with Crippen molar-refractivity contribution in [2.24, 2.45) is 5.92 Å². The predicted octanol–water partition coefficient (Wildman–Crippen LogP) is 2.26. The molecule has 0 saturated carbocycles. The third-order valence-electron chi connectivity index (χ3n) is 2.55. The molecule has 0 aliphatic heterocycles. The lowest BCUT2D eigenvalue weighted by molar-refractivity contribution is 0.0690. The lowest BCUT2D eigenvalue weighted by atomic mass is 10.1. The molecule has 1 heterocycles. The maximum absolute atomic E-state index is 10.8. The number of carboxylic acids is 1. The quantitative estimate of drug-likeness (QED) is 0.823. The van der Waals surface area contributed by atoms with Crippen LogP contribution in [0.3, 0.4) is 0 Å². The Morgan fingerprint density at radius 2 is 2.18 bits per heavy atom. The Morgan fingerprint density at radius 1 is 1.47 bits per heavy atom. The zero-order valence-electron chi connectivity index (χ0n) is 10.7. The van der Waals surface area contributed by atoms with Crippen molar-refractivity contribution in [2.75, 3.05) is 13.6 Å². The summed E-state index contributed by atoms with van der Waals surface area (Å²) in [6.45, 7) is 6.07. The minimum Gasteiger partial charge on any atom is -0.477 e. The molecule has 0 spiro atoms. The molecule has 0 radical (unpaired) electrons. The highest BCUT2D eigenvalue weighted by atomic mass is 16.4. The summed E-state index contributed by atoms with van der Waals surface area (Å²) in [5, 5.41) is 8.84. The van der Waals surface area contributed by atoms with Crippen LogP contribution in [-0.2, 0) is 6.54 Å². The molecule has 0 saturated heterocycles. The Bertz CT molecular complexity index is 377. The van der Waals surface area contributed by atoms with Gasteiger partial charge in [-0.2, -0.15) is 0 Å². The topological polar surface area (TPSA) is 53.4 Å². The van der Waals surface area contributed by atoms with Crippen LogP contribution in [0.25, 0.3) is 0 Å². The molecule has 1 N–H and O–H groups in total. The highest BCUT2D eigenvalue weighted by Crippen LogP contribution is 2.05. The van der Waals surface area contributed by atoms with Crippen molar-refractivity contribution in [3.05, 3.63) is 29.6 Å². The van der Waals surface area contributed by atoms with Gasteiger partial charge >= 0.3 is 5.97 Å². The van der Waals surface area contributed by atoms with Gasteiger partial charge in [-0.25, -0.2) is 9.78 Å². The Labute approximate surface area is 102 Å². The first-order chi connectivity index (χ1) is 7.99. The van der Waals surface area contributed by atoms with Crippen LogP contribution in [0.5, 0.6) is 0 Å². The van der Waals surface area contributed by atoms with Crippen molar-refractivity contribution >= 4 is 5.97 Å². The van der Waals surface area contributed by atoms with Gasteiger partial charge in [0.25, 0.3) is 0 Å². The summed E-state index contributed by atoms with van der Waals surface area (Å²) in [7, 11) is 2.03. The van der Waals surface area contributed by atoms with E-state index in [0.717, 1.165) is 18.7 Å². The van der Waals surface area contributed by atoms with Crippen molar-refractivity contribution in [1.82, 2.24) is 9.88 Å². The number of carbonyl (C=O) groups is 1. The van der Waals surface area contributed by atoms with Gasteiger partial charge in [0.1, 0.15) is 5.69 Å². The monoisotopic (exact) mass is 236 g/mol. The molecule has 4 heteroatoms. The Balaban J connectivity index is 2.56. The molecule has 0 unspecified atom stereocenters. The molecule has 1 aromatic heterocycles. The average molecular weight is 236 g/mol. The van der Waals surface area contributed by atoms with Gasteiger partial charge in [0.05, 0.1) is 5.69 Å². The van der Waals surface area contributed by atoms with Gasteiger partial charge in [0.15, 0.2) is 0 Å². The fourth-order valence-corrected chi connectivity index (χ4v) is 1.52. The highest BCUT2D eigenvalue weighted by Gasteiger charge is 2.07. The molecule has 4 nitrogen and oxygen atoms in total.